The molecule has 0 aliphatic rings. The standard InChI is InChI=1S/C14H16ClNO/c1-9(2)14-12(15)7-11(8-13(14)17-4)10(3)5-6-16/h5,7-9H,1-4H3/b10-5+. The zero-order valence-corrected chi connectivity index (χ0v) is 11.3. The summed E-state index contributed by atoms with van der Waals surface area (Å²) in [4.78, 5) is 0. The zero-order chi connectivity index (χ0) is 13.0. The third kappa shape index (κ3) is 3.01. The molecule has 0 N–H and O–H groups in total. The molecule has 0 amide bonds. The Morgan fingerprint density at radius 1 is 1.47 bits per heavy atom. The lowest BCUT2D eigenvalue weighted by molar-refractivity contribution is 0.407. The molecule has 0 aliphatic carbocycles. The molecule has 0 saturated carbocycles. The van der Waals surface area contributed by atoms with Crippen molar-refractivity contribution in [2.45, 2.75) is 26.7 Å². The number of rotatable bonds is 3. The highest BCUT2D eigenvalue weighted by molar-refractivity contribution is 6.31. The monoisotopic (exact) mass is 249 g/mol. The maximum Gasteiger partial charge on any atom is 0.124 e. The van der Waals surface area contributed by atoms with Gasteiger partial charge in [-0.05, 0) is 36.1 Å². The van der Waals surface area contributed by atoms with Crippen molar-refractivity contribution in [2.75, 3.05) is 7.11 Å². The Hall–Kier alpha value is -1.46. The average Bonchev–Trinajstić information content (AvgIpc) is 2.27. The summed E-state index contributed by atoms with van der Waals surface area (Å²) in [6.07, 6.45) is 1.50. The minimum atomic E-state index is 0.298. The Labute approximate surface area is 107 Å². The third-order valence-corrected chi connectivity index (χ3v) is 2.94. The van der Waals surface area contributed by atoms with Gasteiger partial charge in [0.25, 0.3) is 0 Å². The van der Waals surface area contributed by atoms with Gasteiger partial charge in [0.2, 0.25) is 0 Å². The highest BCUT2D eigenvalue weighted by Gasteiger charge is 2.14. The molecule has 0 aliphatic heterocycles. The molecule has 17 heavy (non-hydrogen) atoms. The molecular weight excluding hydrogens is 234 g/mol. The van der Waals surface area contributed by atoms with Gasteiger partial charge in [0.15, 0.2) is 0 Å². The molecule has 90 valence electrons. The predicted molar refractivity (Wildman–Crippen MR) is 71.4 cm³/mol. The first-order valence-electron chi connectivity index (χ1n) is 5.45. The second kappa shape index (κ2) is 5.75. The quantitative estimate of drug-likeness (QED) is 0.744. The highest BCUT2D eigenvalue weighted by atomic mass is 35.5. The van der Waals surface area contributed by atoms with Crippen LogP contribution in [-0.2, 0) is 0 Å². The fraction of sp³-hybridized carbons (Fsp3) is 0.357. The zero-order valence-electron chi connectivity index (χ0n) is 10.5. The van der Waals surface area contributed by atoms with Crippen LogP contribution in [0.4, 0.5) is 0 Å². The second-order valence-electron chi connectivity index (χ2n) is 4.19. The van der Waals surface area contributed by atoms with Crippen molar-refractivity contribution in [3.8, 4) is 11.8 Å². The van der Waals surface area contributed by atoms with Gasteiger partial charge in [0, 0.05) is 16.7 Å². The molecule has 3 heteroatoms. The summed E-state index contributed by atoms with van der Waals surface area (Å²) in [5.41, 5.74) is 2.79. The number of nitrogens with zero attached hydrogens (tertiary/aromatic N) is 1. The first kappa shape index (κ1) is 13.6. The van der Waals surface area contributed by atoms with E-state index < -0.39 is 0 Å². The van der Waals surface area contributed by atoms with Crippen LogP contribution in [0.5, 0.6) is 5.75 Å². The molecule has 0 saturated heterocycles. The van der Waals surface area contributed by atoms with Gasteiger partial charge in [0.05, 0.1) is 13.2 Å². The second-order valence-corrected chi connectivity index (χ2v) is 4.59. The Morgan fingerprint density at radius 3 is 2.59 bits per heavy atom. The first-order valence-corrected chi connectivity index (χ1v) is 5.83. The summed E-state index contributed by atoms with van der Waals surface area (Å²) >= 11 is 6.26. The molecule has 0 aromatic heterocycles. The summed E-state index contributed by atoms with van der Waals surface area (Å²) < 4.78 is 5.36. The largest absolute Gasteiger partial charge is 0.496 e. The lowest BCUT2D eigenvalue weighted by Crippen LogP contribution is -1.97. The highest BCUT2D eigenvalue weighted by Crippen LogP contribution is 2.36. The Morgan fingerprint density at radius 2 is 2.12 bits per heavy atom. The van der Waals surface area contributed by atoms with Crippen molar-refractivity contribution in [2.24, 2.45) is 0 Å². The van der Waals surface area contributed by atoms with Crippen LogP contribution in [0.2, 0.25) is 5.02 Å². The van der Waals surface area contributed by atoms with Gasteiger partial charge in [-0.25, -0.2) is 0 Å². The Balaban J connectivity index is 3.38. The summed E-state index contributed by atoms with van der Waals surface area (Å²) in [6.45, 7) is 6.02. The number of benzene rings is 1. The van der Waals surface area contributed by atoms with Crippen LogP contribution < -0.4 is 4.74 Å². The van der Waals surface area contributed by atoms with Gasteiger partial charge in [-0.2, -0.15) is 5.26 Å². The van der Waals surface area contributed by atoms with Crippen LogP contribution in [0.3, 0.4) is 0 Å². The number of ether oxygens (including phenoxy) is 1. The molecular formula is C14H16ClNO. The molecule has 0 radical (unpaired) electrons. The molecule has 2 nitrogen and oxygen atoms in total. The summed E-state index contributed by atoms with van der Waals surface area (Å²) in [6, 6.07) is 5.81. The lowest BCUT2D eigenvalue weighted by Gasteiger charge is -2.15. The molecule has 1 rings (SSSR count). The van der Waals surface area contributed by atoms with E-state index in [1.165, 1.54) is 6.08 Å². The number of hydrogen-bond acceptors (Lipinski definition) is 2. The molecule has 0 heterocycles. The van der Waals surface area contributed by atoms with E-state index in [-0.39, 0.29) is 0 Å². The van der Waals surface area contributed by atoms with Crippen LogP contribution in [0.15, 0.2) is 18.2 Å². The van der Waals surface area contributed by atoms with E-state index in [1.54, 1.807) is 7.11 Å². The average molecular weight is 250 g/mol. The lowest BCUT2D eigenvalue weighted by atomic mass is 9.97. The van der Waals surface area contributed by atoms with Crippen molar-refractivity contribution in [3.05, 3.63) is 34.4 Å². The van der Waals surface area contributed by atoms with Gasteiger partial charge < -0.3 is 4.74 Å². The van der Waals surface area contributed by atoms with Crippen molar-refractivity contribution < 1.29 is 4.74 Å². The Bertz CT molecular complexity index is 484. The molecule has 0 fully saturated rings. The molecule has 0 unspecified atom stereocenters. The van der Waals surface area contributed by atoms with Crippen molar-refractivity contribution >= 4 is 17.2 Å². The number of allylic oxidation sites excluding steroid dienone is 2. The molecule has 1 aromatic rings. The molecule has 0 bridgehead atoms. The van der Waals surface area contributed by atoms with Gasteiger partial charge in [0.1, 0.15) is 5.75 Å². The van der Waals surface area contributed by atoms with E-state index in [0.29, 0.717) is 10.9 Å². The van der Waals surface area contributed by atoms with Crippen LogP contribution >= 0.6 is 11.6 Å². The normalized spacial score (nSPS) is 11.5. The minimum Gasteiger partial charge on any atom is -0.496 e. The smallest absolute Gasteiger partial charge is 0.124 e. The molecule has 1 aromatic carbocycles. The van der Waals surface area contributed by atoms with E-state index >= 15 is 0 Å². The number of nitriles is 1. The summed E-state index contributed by atoms with van der Waals surface area (Å²) in [7, 11) is 1.63. The Kier molecular flexibility index (Phi) is 4.60. The maximum absolute atomic E-state index is 8.65. The van der Waals surface area contributed by atoms with Gasteiger partial charge in [-0.1, -0.05) is 25.4 Å². The SMILES string of the molecule is COc1cc(/C(C)=C/C#N)cc(Cl)c1C(C)C. The van der Waals surface area contributed by atoms with Crippen LogP contribution in [0.1, 0.15) is 37.8 Å². The van der Waals surface area contributed by atoms with E-state index in [1.807, 2.05) is 25.1 Å². The van der Waals surface area contributed by atoms with Crippen LogP contribution in [0, 0.1) is 11.3 Å². The molecule has 0 atom stereocenters. The van der Waals surface area contributed by atoms with Crippen LogP contribution in [-0.4, -0.2) is 7.11 Å². The maximum atomic E-state index is 8.65. The number of halogens is 1. The van der Waals surface area contributed by atoms with Gasteiger partial charge in [-0.15, -0.1) is 0 Å². The summed E-state index contributed by atoms with van der Waals surface area (Å²) in [5.74, 6) is 1.07. The minimum absolute atomic E-state index is 0.298. The topological polar surface area (TPSA) is 33.0 Å². The van der Waals surface area contributed by atoms with E-state index in [0.717, 1.165) is 22.4 Å². The van der Waals surface area contributed by atoms with Crippen molar-refractivity contribution in [1.29, 1.82) is 5.26 Å². The van der Waals surface area contributed by atoms with Gasteiger partial charge in [-0.3, -0.25) is 0 Å². The molecule has 0 spiro atoms. The van der Waals surface area contributed by atoms with Crippen molar-refractivity contribution in [1.82, 2.24) is 0 Å². The summed E-state index contributed by atoms with van der Waals surface area (Å²) in [5, 5.41) is 9.33. The fourth-order valence-electron chi connectivity index (χ4n) is 1.73. The van der Waals surface area contributed by atoms with E-state index in [4.69, 9.17) is 21.6 Å². The van der Waals surface area contributed by atoms with E-state index in [9.17, 15) is 0 Å². The predicted octanol–water partition coefficient (Wildman–Crippen LogP) is 4.40. The van der Waals surface area contributed by atoms with Crippen molar-refractivity contribution in [3.63, 3.8) is 0 Å². The fourth-order valence-corrected chi connectivity index (χ4v) is 2.16. The number of methoxy groups -OCH3 is 1. The van der Waals surface area contributed by atoms with Crippen LogP contribution in [0.25, 0.3) is 5.57 Å². The van der Waals surface area contributed by atoms with E-state index in [2.05, 4.69) is 13.8 Å². The third-order valence-electron chi connectivity index (χ3n) is 2.63. The van der Waals surface area contributed by atoms with Gasteiger partial charge >= 0.3 is 0 Å². The number of hydrogen-bond donors (Lipinski definition) is 0. The first-order chi connectivity index (χ1) is 8.01.